The lowest BCUT2D eigenvalue weighted by Gasteiger charge is -2.46. The molecule has 3 aliphatic rings. The molecule has 0 aromatic heterocycles. The second-order valence-corrected chi connectivity index (χ2v) is 8.81. The molecule has 0 radical (unpaired) electrons. The average Bonchev–Trinajstić information content (AvgIpc) is 2.66. The van der Waals surface area contributed by atoms with Crippen LogP contribution in [0.2, 0.25) is 0 Å². The molecule has 1 fully saturated rings. The molecule has 0 spiro atoms. The molecule has 0 saturated carbocycles. The van der Waals surface area contributed by atoms with Gasteiger partial charge in [0.15, 0.2) is 5.78 Å². The highest BCUT2D eigenvalue weighted by Gasteiger charge is 2.48. The van der Waals surface area contributed by atoms with Crippen LogP contribution in [0.4, 0.5) is 0 Å². The van der Waals surface area contributed by atoms with Crippen LogP contribution in [0.5, 0.6) is 0 Å². The zero-order valence-corrected chi connectivity index (χ0v) is 17.3. The van der Waals surface area contributed by atoms with Gasteiger partial charge in [0, 0.05) is 36.7 Å². The molecule has 29 heavy (non-hydrogen) atoms. The Balaban J connectivity index is 2.03. The second-order valence-electron chi connectivity index (χ2n) is 8.81. The van der Waals surface area contributed by atoms with Gasteiger partial charge in [0.2, 0.25) is 0 Å². The van der Waals surface area contributed by atoms with E-state index in [4.69, 9.17) is 4.74 Å². The fourth-order valence-electron chi connectivity index (χ4n) is 4.80. The van der Waals surface area contributed by atoms with Crippen molar-refractivity contribution in [1.82, 2.24) is 10.2 Å². The Morgan fingerprint density at radius 1 is 1.24 bits per heavy atom. The van der Waals surface area contributed by atoms with E-state index >= 15 is 0 Å². The third kappa shape index (κ3) is 3.16. The molecule has 1 N–H and O–H groups in total. The van der Waals surface area contributed by atoms with Gasteiger partial charge in [-0.05, 0) is 24.3 Å². The topological polar surface area (TPSA) is 75.7 Å². The van der Waals surface area contributed by atoms with Crippen LogP contribution in [0.3, 0.4) is 0 Å². The van der Waals surface area contributed by atoms with E-state index in [2.05, 4.69) is 19.2 Å². The van der Waals surface area contributed by atoms with E-state index in [9.17, 15) is 14.4 Å². The van der Waals surface area contributed by atoms with Gasteiger partial charge in [-0.2, -0.15) is 0 Å². The number of carbonyl (C=O) groups excluding carboxylic acids is 3. The molecule has 152 valence electrons. The van der Waals surface area contributed by atoms with E-state index in [0.717, 1.165) is 16.8 Å². The van der Waals surface area contributed by atoms with E-state index in [-0.39, 0.29) is 22.7 Å². The average molecular weight is 394 g/mol. The van der Waals surface area contributed by atoms with Crippen molar-refractivity contribution >= 4 is 17.7 Å². The third-order valence-corrected chi connectivity index (χ3v) is 5.94. The van der Waals surface area contributed by atoms with E-state index in [0.29, 0.717) is 37.2 Å². The van der Waals surface area contributed by atoms with Crippen LogP contribution in [0.25, 0.3) is 0 Å². The van der Waals surface area contributed by atoms with Crippen LogP contribution in [0.1, 0.15) is 43.7 Å². The van der Waals surface area contributed by atoms with E-state index < -0.39 is 11.9 Å². The van der Waals surface area contributed by atoms with Crippen molar-refractivity contribution in [2.45, 2.75) is 39.5 Å². The number of piperazine rings is 1. The monoisotopic (exact) mass is 394 g/mol. The van der Waals surface area contributed by atoms with Crippen molar-refractivity contribution in [3.63, 3.8) is 0 Å². The first kappa shape index (κ1) is 19.4. The molecule has 1 aromatic carbocycles. The predicted octanol–water partition coefficient (Wildman–Crippen LogP) is 2.59. The first-order chi connectivity index (χ1) is 13.7. The number of esters is 1. The molecule has 4 rings (SSSR count). The van der Waals surface area contributed by atoms with Gasteiger partial charge < -0.3 is 15.0 Å². The number of nitrogens with zero attached hydrogens (tertiary/aromatic N) is 1. The molecule has 6 nitrogen and oxygen atoms in total. The minimum atomic E-state index is -0.601. The largest absolute Gasteiger partial charge is 0.466 e. The van der Waals surface area contributed by atoms with Gasteiger partial charge >= 0.3 is 5.97 Å². The number of hydrogen-bond acceptors (Lipinski definition) is 5. The molecule has 1 aliphatic carbocycles. The number of allylic oxidation sites excluding steroid dienone is 2. The summed E-state index contributed by atoms with van der Waals surface area (Å²) in [7, 11) is 1.31. The van der Waals surface area contributed by atoms with Crippen LogP contribution in [0, 0.1) is 12.3 Å². The standard InChI is InChI=1S/C23H26N2O4/c1-13-6-5-7-14(10-13)17-18-15(11-23(2,3)12-16(18)26)25-9-8-24-21(27)20(25)19(17)22(28)29-4/h5-7,10,17H,8-9,11-12H2,1-4H3,(H,24,27). The lowest BCUT2D eigenvalue weighted by atomic mass is 9.67. The van der Waals surface area contributed by atoms with Crippen molar-refractivity contribution in [1.29, 1.82) is 0 Å². The Hall–Kier alpha value is -2.89. The second kappa shape index (κ2) is 6.87. The number of methoxy groups -OCH3 is 1. The van der Waals surface area contributed by atoms with Crippen LogP contribution in [-0.4, -0.2) is 42.8 Å². The molecule has 1 unspecified atom stereocenters. The number of fused-ring (bicyclic) bond motifs is 2. The lowest BCUT2D eigenvalue weighted by molar-refractivity contribution is -0.137. The molecular formula is C23H26N2O4. The van der Waals surface area contributed by atoms with E-state index in [1.54, 1.807) is 0 Å². The van der Waals surface area contributed by atoms with Crippen LogP contribution in [-0.2, 0) is 19.1 Å². The number of amides is 1. The third-order valence-electron chi connectivity index (χ3n) is 5.94. The normalized spacial score (nSPS) is 23.4. The summed E-state index contributed by atoms with van der Waals surface area (Å²) in [6.07, 6.45) is 1.10. The first-order valence-corrected chi connectivity index (χ1v) is 9.94. The van der Waals surface area contributed by atoms with E-state index in [1.807, 2.05) is 36.1 Å². The number of Topliss-reactive ketones (excluding diaryl/α,β-unsaturated/α-hetero) is 1. The maximum atomic E-state index is 13.4. The maximum absolute atomic E-state index is 13.4. The molecule has 2 heterocycles. The Bertz CT molecular complexity index is 986. The predicted molar refractivity (Wildman–Crippen MR) is 108 cm³/mol. The van der Waals surface area contributed by atoms with Gasteiger partial charge in [-0.1, -0.05) is 43.7 Å². The molecular weight excluding hydrogens is 368 g/mol. The lowest BCUT2D eigenvalue weighted by Crippen LogP contribution is -2.51. The number of aryl methyl sites for hydroxylation is 1. The highest BCUT2D eigenvalue weighted by molar-refractivity contribution is 6.09. The Morgan fingerprint density at radius 2 is 2.00 bits per heavy atom. The highest BCUT2D eigenvalue weighted by Crippen LogP contribution is 2.50. The molecule has 1 aromatic rings. The highest BCUT2D eigenvalue weighted by atomic mass is 16.5. The van der Waals surface area contributed by atoms with Gasteiger partial charge in [-0.15, -0.1) is 0 Å². The molecule has 1 atom stereocenters. The van der Waals surface area contributed by atoms with Gasteiger partial charge in [-0.25, -0.2) is 4.79 Å². The summed E-state index contributed by atoms with van der Waals surface area (Å²) in [4.78, 5) is 41.1. The van der Waals surface area contributed by atoms with Crippen LogP contribution >= 0.6 is 0 Å². The van der Waals surface area contributed by atoms with Crippen LogP contribution < -0.4 is 5.32 Å². The fourth-order valence-corrected chi connectivity index (χ4v) is 4.80. The van der Waals surface area contributed by atoms with Crippen molar-refractivity contribution in [3.8, 4) is 0 Å². The van der Waals surface area contributed by atoms with Crippen molar-refractivity contribution in [3.05, 3.63) is 57.9 Å². The zero-order valence-electron chi connectivity index (χ0n) is 17.3. The summed E-state index contributed by atoms with van der Waals surface area (Å²) in [5.74, 6) is -1.43. The summed E-state index contributed by atoms with van der Waals surface area (Å²) in [5, 5.41) is 2.85. The number of ether oxygens (including phenoxy) is 1. The summed E-state index contributed by atoms with van der Waals surface area (Å²) < 4.78 is 5.09. The summed E-state index contributed by atoms with van der Waals surface area (Å²) >= 11 is 0. The molecule has 1 saturated heterocycles. The number of rotatable bonds is 2. The summed E-state index contributed by atoms with van der Waals surface area (Å²) in [6.45, 7) is 7.11. The fraction of sp³-hybridized carbons (Fsp3) is 0.435. The zero-order chi connectivity index (χ0) is 20.9. The smallest absolute Gasteiger partial charge is 0.337 e. The van der Waals surface area contributed by atoms with Crippen LogP contribution in [0.15, 0.2) is 46.8 Å². The number of carbonyl (C=O) groups is 3. The SMILES string of the molecule is COC(=O)C1=C2C(=O)NCCN2C2=C(C(=O)CC(C)(C)C2)C1c1cccc(C)c1. The van der Waals surface area contributed by atoms with Gasteiger partial charge in [0.25, 0.3) is 5.91 Å². The van der Waals surface area contributed by atoms with Crippen molar-refractivity contribution in [2.24, 2.45) is 5.41 Å². The number of nitrogens with one attached hydrogen (secondary N) is 1. The Labute approximate surface area is 170 Å². The molecule has 6 heteroatoms. The van der Waals surface area contributed by atoms with Gasteiger partial charge in [0.1, 0.15) is 5.70 Å². The molecule has 0 bridgehead atoms. The molecule has 1 amide bonds. The quantitative estimate of drug-likeness (QED) is 0.781. The minimum absolute atomic E-state index is 0.0363. The first-order valence-electron chi connectivity index (χ1n) is 9.94. The van der Waals surface area contributed by atoms with E-state index in [1.165, 1.54) is 7.11 Å². The van der Waals surface area contributed by atoms with Gasteiger partial charge in [0.05, 0.1) is 12.7 Å². The minimum Gasteiger partial charge on any atom is -0.466 e. The number of hydrogen-bond donors (Lipinski definition) is 1. The Morgan fingerprint density at radius 3 is 2.69 bits per heavy atom. The summed E-state index contributed by atoms with van der Waals surface area (Å²) in [6, 6.07) is 7.77. The molecule has 2 aliphatic heterocycles. The Kier molecular flexibility index (Phi) is 4.60. The number of ketones is 1. The maximum Gasteiger partial charge on any atom is 0.337 e. The van der Waals surface area contributed by atoms with Crippen molar-refractivity contribution in [2.75, 3.05) is 20.2 Å². The van der Waals surface area contributed by atoms with Crippen molar-refractivity contribution < 1.29 is 19.1 Å². The summed E-state index contributed by atoms with van der Waals surface area (Å²) in [5.41, 5.74) is 3.73. The number of benzene rings is 1. The van der Waals surface area contributed by atoms with Gasteiger partial charge in [-0.3, -0.25) is 9.59 Å².